The molecule has 1 saturated heterocycles. The molecule has 1 aromatic rings. The molecule has 4 nitrogen and oxygen atoms in total. The largest absolute Gasteiger partial charge is 0.484 e. The zero-order valence-corrected chi connectivity index (χ0v) is 11.8. The molecule has 20 heavy (non-hydrogen) atoms. The maximum Gasteiger partial charge on any atom is 0.260 e. The predicted octanol–water partition coefficient (Wildman–Crippen LogP) is 1.76. The van der Waals surface area contributed by atoms with E-state index in [2.05, 4.69) is 4.90 Å². The number of carbonyl (C=O) groups excluding carboxylic acids is 1. The van der Waals surface area contributed by atoms with Crippen LogP contribution in [0.3, 0.4) is 0 Å². The van der Waals surface area contributed by atoms with Crippen LogP contribution in [0.1, 0.15) is 12.8 Å². The number of likely N-dealkylation sites (N-methyl/N-ethyl adjacent to an activating group) is 1. The van der Waals surface area contributed by atoms with E-state index in [4.69, 9.17) is 4.74 Å². The van der Waals surface area contributed by atoms with Crippen LogP contribution < -0.4 is 4.74 Å². The number of halogens is 1. The van der Waals surface area contributed by atoms with Crippen molar-refractivity contribution in [1.82, 2.24) is 9.80 Å². The van der Waals surface area contributed by atoms with Crippen molar-refractivity contribution in [3.8, 4) is 5.75 Å². The smallest absolute Gasteiger partial charge is 0.260 e. The van der Waals surface area contributed by atoms with E-state index in [1.165, 1.54) is 37.1 Å². The van der Waals surface area contributed by atoms with E-state index >= 15 is 0 Å². The predicted molar refractivity (Wildman–Crippen MR) is 75.2 cm³/mol. The Bertz CT molecular complexity index is 430. The molecular weight excluding hydrogens is 259 g/mol. The Hall–Kier alpha value is -1.62. The molecule has 0 atom stereocenters. The van der Waals surface area contributed by atoms with E-state index in [0.29, 0.717) is 12.3 Å². The van der Waals surface area contributed by atoms with E-state index in [1.54, 1.807) is 11.9 Å². The first-order valence-corrected chi connectivity index (χ1v) is 7.00. The number of nitrogens with zero attached hydrogens (tertiary/aromatic N) is 2. The molecule has 0 saturated carbocycles. The van der Waals surface area contributed by atoms with Gasteiger partial charge in [-0.3, -0.25) is 4.79 Å². The molecule has 1 heterocycles. The Labute approximate surface area is 119 Å². The summed E-state index contributed by atoms with van der Waals surface area (Å²) in [5, 5.41) is 0. The Balaban J connectivity index is 1.69. The van der Waals surface area contributed by atoms with Crippen LogP contribution in [0, 0.1) is 5.82 Å². The maximum atomic E-state index is 12.7. The normalized spacial score (nSPS) is 15.3. The lowest BCUT2D eigenvalue weighted by molar-refractivity contribution is -0.132. The van der Waals surface area contributed by atoms with Gasteiger partial charge in [-0.1, -0.05) is 0 Å². The second-order valence-corrected chi connectivity index (χ2v) is 5.11. The monoisotopic (exact) mass is 280 g/mol. The van der Waals surface area contributed by atoms with Crippen molar-refractivity contribution in [3.05, 3.63) is 30.1 Å². The zero-order valence-electron chi connectivity index (χ0n) is 11.8. The zero-order chi connectivity index (χ0) is 14.4. The van der Waals surface area contributed by atoms with E-state index in [-0.39, 0.29) is 18.3 Å². The summed E-state index contributed by atoms with van der Waals surface area (Å²) in [7, 11) is 1.78. The fraction of sp³-hybridized carbons (Fsp3) is 0.533. The Morgan fingerprint density at radius 2 is 1.95 bits per heavy atom. The second-order valence-electron chi connectivity index (χ2n) is 5.11. The van der Waals surface area contributed by atoms with Crippen LogP contribution in [0.15, 0.2) is 24.3 Å². The number of hydrogen-bond donors (Lipinski definition) is 0. The van der Waals surface area contributed by atoms with Gasteiger partial charge in [-0.15, -0.1) is 0 Å². The Kier molecular flexibility index (Phi) is 5.35. The van der Waals surface area contributed by atoms with Gasteiger partial charge >= 0.3 is 0 Å². The van der Waals surface area contributed by atoms with Crippen molar-refractivity contribution in [3.63, 3.8) is 0 Å². The molecule has 5 heteroatoms. The van der Waals surface area contributed by atoms with Gasteiger partial charge in [0.25, 0.3) is 5.91 Å². The molecule has 1 aliphatic heterocycles. The fourth-order valence-corrected chi connectivity index (χ4v) is 2.21. The van der Waals surface area contributed by atoms with Gasteiger partial charge in [0.1, 0.15) is 11.6 Å². The first-order valence-electron chi connectivity index (χ1n) is 7.00. The molecule has 110 valence electrons. The van der Waals surface area contributed by atoms with Crippen molar-refractivity contribution in [2.75, 3.05) is 39.8 Å². The third-order valence-corrected chi connectivity index (χ3v) is 3.55. The molecule has 0 bridgehead atoms. The van der Waals surface area contributed by atoms with Gasteiger partial charge in [0.05, 0.1) is 0 Å². The number of carbonyl (C=O) groups is 1. The first-order chi connectivity index (χ1) is 9.65. The summed E-state index contributed by atoms with van der Waals surface area (Å²) in [6.45, 7) is 3.88. The highest BCUT2D eigenvalue weighted by Crippen LogP contribution is 2.11. The molecule has 0 aromatic heterocycles. The summed E-state index contributed by atoms with van der Waals surface area (Å²) < 4.78 is 18.1. The van der Waals surface area contributed by atoms with Crippen LogP contribution in [0.5, 0.6) is 5.75 Å². The van der Waals surface area contributed by atoms with Gasteiger partial charge in [0, 0.05) is 20.1 Å². The fourth-order valence-electron chi connectivity index (χ4n) is 2.21. The van der Waals surface area contributed by atoms with Crippen molar-refractivity contribution in [2.45, 2.75) is 12.8 Å². The van der Waals surface area contributed by atoms with Gasteiger partial charge in [0.15, 0.2) is 6.61 Å². The number of hydrogen-bond acceptors (Lipinski definition) is 3. The Morgan fingerprint density at radius 3 is 2.60 bits per heavy atom. The summed E-state index contributed by atoms with van der Waals surface area (Å²) in [6, 6.07) is 5.67. The van der Waals surface area contributed by atoms with Crippen LogP contribution in [-0.2, 0) is 4.79 Å². The molecule has 2 rings (SSSR count). The summed E-state index contributed by atoms with van der Waals surface area (Å²) in [4.78, 5) is 15.9. The van der Waals surface area contributed by atoms with Crippen molar-refractivity contribution in [2.24, 2.45) is 0 Å². The summed E-state index contributed by atoms with van der Waals surface area (Å²) in [6.07, 6.45) is 2.51. The molecular formula is C15H21FN2O2. The molecule has 1 amide bonds. The molecule has 1 aliphatic rings. The molecule has 1 fully saturated rings. The van der Waals surface area contributed by atoms with E-state index in [9.17, 15) is 9.18 Å². The van der Waals surface area contributed by atoms with Crippen LogP contribution in [-0.4, -0.2) is 55.5 Å². The summed E-state index contributed by atoms with van der Waals surface area (Å²) >= 11 is 0. The number of rotatable bonds is 6. The summed E-state index contributed by atoms with van der Waals surface area (Å²) in [5.74, 6) is 0.132. The van der Waals surface area contributed by atoms with Crippen LogP contribution in [0.4, 0.5) is 4.39 Å². The van der Waals surface area contributed by atoms with Crippen LogP contribution in [0.25, 0.3) is 0 Å². The summed E-state index contributed by atoms with van der Waals surface area (Å²) in [5.41, 5.74) is 0. The highest BCUT2D eigenvalue weighted by molar-refractivity contribution is 5.77. The lowest BCUT2D eigenvalue weighted by Crippen LogP contribution is -2.37. The number of amides is 1. The van der Waals surface area contributed by atoms with E-state index < -0.39 is 0 Å². The minimum Gasteiger partial charge on any atom is -0.484 e. The van der Waals surface area contributed by atoms with Gasteiger partial charge in [-0.25, -0.2) is 4.39 Å². The average Bonchev–Trinajstić information content (AvgIpc) is 2.97. The Morgan fingerprint density at radius 1 is 1.30 bits per heavy atom. The standard InChI is InChI=1S/C15H21FN2O2/c1-17(10-11-18-8-2-3-9-18)15(19)12-20-14-6-4-13(16)5-7-14/h4-7H,2-3,8-12H2,1H3. The van der Waals surface area contributed by atoms with E-state index in [1.807, 2.05) is 0 Å². The molecule has 0 N–H and O–H groups in total. The molecule has 0 spiro atoms. The van der Waals surface area contributed by atoms with Gasteiger partial charge in [0.2, 0.25) is 0 Å². The lowest BCUT2D eigenvalue weighted by atomic mass is 10.3. The maximum absolute atomic E-state index is 12.7. The van der Waals surface area contributed by atoms with Crippen molar-refractivity contribution >= 4 is 5.91 Å². The van der Waals surface area contributed by atoms with Gasteiger partial charge in [-0.2, -0.15) is 0 Å². The number of ether oxygens (including phenoxy) is 1. The second kappa shape index (κ2) is 7.24. The highest BCUT2D eigenvalue weighted by Gasteiger charge is 2.14. The third kappa shape index (κ3) is 4.49. The molecule has 0 aliphatic carbocycles. The molecule has 0 unspecified atom stereocenters. The van der Waals surface area contributed by atoms with E-state index in [0.717, 1.165) is 19.6 Å². The number of benzene rings is 1. The average molecular weight is 280 g/mol. The minimum absolute atomic E-state index is 0.0118. The lowest BCUT2D eigenvalue weighted by Gasteiger charge is -2.21. The first kappa shape index (κ1) is 14.8. The van der Waals surface area contributed by atoms with Crippen molar-refractivity contribution in [1.29, 1.82) is 0 Å². The van der Waals surface area contributed by atoms with Crippen molar-refractivity contribution < 1.29 is 13.9 Å². The van der Waals surface area contributed by atoms with Gasteiger partial charge in [-0.05, 0) is 50.2 Å². The quantitative estimate of drug-likeness (QED) is 0.796. The van der Waals surface area contributed by atoms with Crippen LogP contribution in [0.2, 0.25) is 0 Å². The van der Waals surface area contributed by atoms with Gasteiger partial charge < -0.3 is 14.5 Å². The highest BCUT2D eigenvalue weighted by atomic mass is 19.1. The topological polar surface area (TPSA) is 32.8 Å². The van der Waals surface area contributed by atoms with Crippen LogP contribution >= 0.6 is 0 Å². The minimum atomic E-state index is -0.314. The number of likely N-dealkylation sites (tertiary alicyclic amines) is 1. The SMILES string of the molecule is CN(CCN1CCCC1)C(=O)COc1ccc(F)cc1. The molecule has 1 aromatic carbocycles. The third-order valence-electron chi connectivity index (χ3n) is 3.55. The molecule has 0 radical (unpaired) electrons.